The zero-order valence-corrected chi connectivity index (χ0v) is 12.0. The van der Waals surface area contributed by atoms with E-state index < -0.39 is 23.8 Å². The Morgan fingerprint density at radius 2 is 2.19 bits per heavy atom. The van der Waals surface area contributed by atoms with Crippen LogP contribution in [0.5, 0.6) is 0 Å². The summed E-state index contributed by atoms with van der Waals surface area (Å²) in [6, 6.07) is -1.17. The number of hydrogen-bond acceptors (Lipinski definition) is 5. The SMILES string of the molecule is Cc1cn2cc(C(=O)NC(CCC(N)=O)C(=O)O)nc2s1. The van der Waals surface area contributed by atoms with Crippen molar-refractivity contribution in [3.05, 3.63) is 23.0 Å². The summed E-state index contributed by atoms with van der Waals surface area (Å²) >= 11 is 1.42. The van der Waals surface area contributed by atoms with Gasteiger partial charge in [0.1, 0.15) is 11.7 Å². The molecule has 0 aliphatic carbocycles. The number of primary amides is 1. The Balaban J connectivity index is 2.08. The number of carboxylic acid groups (broad SMARTS) is 1. The number of amides is 2. The maximum Gasteiger partial charge on any atom is 0.326 e. The summed E-state index contributed by atoms with van der Waals surface area (Å²) in [5, 5.41) is 11.4. The molecular weight excluding hydrogens is 296 g/mol. The highest BCUT2D eigenvalue weighted by Gasteiger charge is 2.22. The molecule has 0 saturated carbocycles. The van der Waals surface area contributed by atoms with E-state index in [0.29, 0.717) is 4.96 Å². The Morgan fingerprint density at radius 3 is 2.76 bits per heavy atom. The van der Waals surface area contributed by atoms with Crippen LogP contribution in [0.25, 0.3) is 4.96 Å². The van der Waals surface area contributed by atoms with Gasteiger partial charge in [-0.3, -0.25) is 14.0 Å². The summed E-state index contributed by atoms with van der Waals surface area (Å²) in [6.07, 6.45) is 3.18. The number of aryl methyl sites for hydroxylation is 1. The Bertz CT molecular complexity index is 674. The number of carbonyl (C=O) groups excluding carboxylic acids is 2. The fraction of sp³-hybridized carbons (Fsp3) is 0.333. The molecule has 1 unspecified atom stereocenters. The zero-order valence-electron chi connectivity index (χ0n) is 11.2. The standard InChI is InChI=1S/C12H14N4O4S/c1-6-4-16-5-8(15-12(16)21-6)10(18)14-7(11(19)20)2-3-9(13)17/h4-5,7H,2-3H2,1H3,(H2,13,17)(H,14,18)(H,19,20). The molecule has 4 N–H and O–H groups in total. The van der Waals surface area contributed by atoms with Crippen molar-refractivity contribution in [1.82, 2.24) is 14.7 Å². The molecule has 0 fully saturated rings. The summed E-state index contributed by atoms with van der Waals surface area (Å²) in [5.74, 6) is -2.43. The van der Waals surface area contributed by atoms with Crippen LogP contribution in [-0.2, 0) is 9.59 Å². The van der Waals surface area contributed by atoms with Crippen molar-refractivity contribution in [2.75, 3.05) is 0 Å². The van der Waals surface area contributed by atoms with Gasteiger partial charge < -0.3 is 16.2 Å². The number of nitrogens with two attached hydrogens (primary N) is 1. The summed E-state index contributed by atoms with van der Waals surface area (Å²) in [6.45, 7) is 1.92. The van der Waals surface area contributed by atoms with Gasteiger partial charge in [0.25, 0.3) is 5.91 Å². The normalized spacial score (nSPS) is 12.2. The first kappa shape index (κ1) is 15.0. The lowest BCUT2D eigenvalue weighted by Crippen LogP contribution is -2.41. The largest absolute Gasteiger partial charge is 0.480 e. The zero-order chi connectivity index (χ0) is 15.6. The third kappa shape index (κ3) is 3.57. The van der Waals surface area contributed by atoms with Crippen LogP contribution in [-0.4, -0.2) is 38.3 Å². The molecule has 0 aliphatic rings. The Kier molecular flexibility index (Phi) is 4.22. The number of carboxylic acids is 1. The predicted molar refractivity (Wildman–Crippen MR) is 75.1 cm³/mol. The molecule has 21 heavy (non-hydrogen) atoms. The number of imidazole rings is 1. The molecular formula is C12H14N4O4S. The first-order valence-electron chi connectivity index (χ1n) is 6.14. The van der Waals surface area contributed by atoms with E-state index in [1.165, 1.54) is 17.5 Å². The Morgan fingerprint density at radius 1 is 1.48 bits per heavy atom. The third-order valence-electron chi connectivity index (χ3n) is 2.79. The molecule has 2 heterocycles. The number of hydrogen-bond donors (Lipinski definition) is 3. The molecule has 2 aromatic rings. The smallest absolute Gasteiger partial charge is 0.326 e. The number of carbonyl (C=O) groups is 3. The summed E-state index contributed by atoms with van der Waals surface area (Å²) in [7, 11) is 0. The number of rotatable bonds is 6. The maximum absolute atomic E-state index is 12.0. The van der Waals surface area contributed by atoms with E-state index in [-0.39, 0.29) is 18.5 Å². The molecule has 0 aromatic carbocycles. The van der Waals surface area contributed by atoms with Crippen molar-refractivity contribution in [2.24, 2.45) is 5.73 Å². The molecule has 0 radical (unpaired) electrons. The Labute approximate surface area is 123 Å². The topological polar surface area (TPSA) is 127 Å². The van der Waals surface area contributed by atoms with E-state index in [2.05, 4.69) is 10.3 Å². The van der Waals surface area contributed by atoms with E-state index in [4.69, 9.17) is 10.8 Å². The number of nitrogens with zero attached hydrogens (tertiary/aromatic N) is 2. The van der Waals surface area contributed by atoms with Gasteiger partial charge in [-0.1, -0.05) is 0 Å². The molecule has 112 valence electrons. The lowest BCUT2D eigenvalue weighted by molar-refractivity contribution is -0.139. The van der Waals surface area contributed by atoms with Crippen LogP contribution in [0.15, 0.2) is 12.4 Å². The van der Waals surface area contributed by atoms with Crippen LogP contribution in [0.1, 0.15) is 28.2 Å². The summed E-state index contributed by atoms with van der Waals surface area (Å²) < 4.78 is 1.70. The number of aromatic nitrogens is 2. The van der Waals surface area contributed by atoms with Crippen molar-refractivity contribution in [3.63, 3.8) is 0 Å². The van der Waals surface area contributed by atoms with Gasteiger partial charge >= 0.3 is 5.97 Å². The summed E-state index contributed by atoms with van der Waals surface area (Å²) in [5.41, 5.74) is 5.11. The minimum Gasteiger partial charge on any atom is -0.480 e. The number of fused-ring (bicyclic) bond motifs is 1. The molecule has 2 amide bonds. The first-order chi connectivity index (χ1) is 9.86. The van der Waals surface area contributed by atoms with Gasteiger partial charge in [-0.05, 0) is 13.3 Å². The van der Waals surface area contributed by atoms with Crippen molar-refractivity contribution >= 4 is 34.1 Å². The predicted octanol–water partition coefficient (Wildman–Crippen LogP) is 0.153. The van der Waals surface area contributed by atoms with Crippen molar-refractivity contribution in [3.8, 4) is 0 Å². The quantitative estimate of drug-likeness (QED) is 0.700. The van der Waals surface area contributed by atoms with Crippen molar-refractivity contribution in [1.29, 1.82) is 0 Å². The lowest BCUT2D eigenvalue weighted by atomic mass is 10.1. The molecule has 8 nitrogen and oxygen atoms in total. The molecule has 2 aromatic heterocycles. The highest BCUT2D eigenvalue weighted by Crippen LogP contribution is 2.16. The second-order valence-electron chi connectivity index (χ2n) is 4.53. The van der Waals surface area contributed by atoms with Crippen LogP contribution in [0, 0.1) is 6.92 Å². The third-order valence-corrected chi connectivity index (χ3v) is 3.70. The van der Waals surface area contributed by atoms with E-state index in [1.54, 1.807) is 4.40 Å². The monoisotopic (exact) mass is 310 g/mol. The molecule has 2 rings (SSSR count). The molecule has 0 bridgehead atoms. The van der Waals surface area contributed by atoms with Gasteiger partial charge in [0.05, 0.1) is 0 Å². The lowest BCUT2D eigenvalue weighted by Gasteiger charge is -2.12. The van der Waals surface area contributed by atoms with Crippen LogP contribution in [0.4, 0.5) is 0 Å². The molecule has 0 spiro atoms. The second-order valence-corrected chi connectivity index (χ2v) is 5.74. The van der Waals surface area contributed by atoms with Crippen LogP contribution in [0.2, 0.25) is 0 Å². The van der Waals surface area contributed by atoms with E-state index in [9.17, 15) is 14.4 Å². The van der Waals surface area contributed by atoms with Gasteiger partial charge in [-0.2, -0.15) is 0 Å². The fourth-order valence-electron chi connectivity index (χ4n) is 1.80. The molecule has 0 aliphatic heterocycles. The fourth-order valence-corrected chi connectivity index (χ4v) is 2.61. The molecule has 1 atom stereocenters. The second kappa shape index (κ2) is 5.92. The average molecular weight is 310 g/mol. The highest BCUT2D eigenvalue weighted by molar-refractivity contribution is 7.17. The van der Waals surface area contributed by atoms with Gasteiger partial charge in [0, 0.05) is 23.7 Å². The average Bonchev–Trinajstić information content (AvgIpc) is 2.90. The van der Waals surface area contributed by atoms with E-state index >= 15 is 0 Å². The van der Waals surface area contributed by atoms with Gasteiger partial charge in [-0.25, -0.2) is 9.78 Å². The van der Waals surface area contributed by atoms with Crippen LogP contribution in [0.3, 0.4) is 0 Å². The minimum atomic E-state index is -1.22. The number of aliphatic carboxylic acids is 1. The number of thiazole rings is 1. The molecule has 0 saturated heterocycles. The van der Waals surface area contributed by atoms with Gasteiger partial charge in [-0.15, -0.1) is 11.3 Å². The Hall–Kier alpha value is -2.42. The number of nitrogens with one attached hydrogen (secondary N) is 1. The van der Waals surface area contributed by atoms with Gasteiger partial charge in [0.2, 0.25) is 5.91 Å². The van der Waals surface area contributed by atoms with E-state index in [0.717, 1.165) is 4.88 Å². The minimum absolute atomic E-state index is 0.0578. The van der Waals surface area contributed by atoms with Crippen LogP contribution >= 0.6 is 11.3 Å². The van der Waals surface area contributed by atoms with Crippen molar-refractivity contribution in [2.45, 2.75) is 25.8 Å². The van der Waals surface area contributed by atoms with E-state index in [1.807, 2.05) is 13.1 Å². The van der Waals surface area contributed by atoms with Crippen molar-refractivity contribution < 1.29 is 19.5 Å². The highest BCUT2D eigenvalue weighted by atomic mass is 32.1. The summed E-state index contributed by atoms with van der Waals surface area (Å²) in [4.78, 5) is 39.6. The van der Waals surface area contributed by atoms with Crippen LogP contribution < -0.4 is 11.1 Å². The van der Waals surface area contributed by atoms with Gasteiger partial charge in [0.15, 0.2) is 4.96 Å². The molecule has 9 heteroatoms. The maximum atomic E-state index is 12.0. The first-order valence-corrected chi connectivity index (χ1v) is 6.95.